The second-order valence-corrected chi connectivity index (χ2v) is 8.38. The van der Waals surface area contributed by atoms with Crippen LogP contribution in [0.25, 0.3) is 0 Å². The van der Waals surface area contributed by atoms with Crippen LogP contribution in [0.3, 0.4) is 0 Å². The standard InChI is InChI=1S/C23H30N6O8/c1-12(27-21(34)16(24)9-14-10-25-11-26-14)20(33)29-18(8-13-2-4-15(30)5-3-13)22(35)28-17(23(36)37)6-7-19(31)32/h2-5,10-12,16-18,30H,6-9,24H2,1H3,(H,25,26)(H,27,34)(H,28,35)(H,29,33)(H,31,32)(H,36,37). The van der Waals surface area contributed by atoms with Crippen LogP contribution in [0.4, 0.5) is 0 Å². The molecule has 1 aromatic carbocycles. The number of amides is 3. The Kier molecular flexibility index (Phi) is 10.6. The molecule has 0 spiro atoms. The molecule has 3 amide bonds. The number of aromatic amines is 1. The number of phenols is 1. The minimum Gasteiger partial charge on any atom is -0.508 e. The summed E-state index contributed by atoms with van der Waals surface area (Å²) in [6.07, 6.45) is 2.16. The maximum absolute atomic E-state index is 12.9. The van der Waals surface area contributed by atoms with Crippen LogP contribution < -0.4 is 21.7 Å². The minimum atomic E-state index is -1.50. The fourth-order valence-electron chi connectivity index (χ4n) is 3.28. The number of H-pyrrole nitrogens is 1. The molecule has 14 heteroatoms. The number of nitrogens with two attached hydrogens (primary N) is 1. The van der Waals surface area contributed by atoms with E-state index in [1.54, 1.807) is 0 Å². The molecule has 4 unspecified atom stereocenters. The topological polar surface area (TPSA) is 237 Å². The summed E-state index contributed by atoms with van der Waals surface area (Å²) in [4.78, 5) is 67.2. The van der Waals surface area contributed by atoms with Gasteiger partial charge in [0, 0.05) is 31.2 Å². The summed E-state index contributed by atoms with van der Waals surface area (Å²) in [5, 5.41) is 34.9. The smallest absolute Gasteiger partial charge is 0.326 e. The van der Waals surface area contributed by atoms with Crippen molar-refractivity contribution in [2.24, 2.45) is 5.73 Å². The monoisotopic (exact) mass is 518 g/mol. The molecule has 1 aromatic heterocycles. The Hall–Kier alpha value is -4.46. The van der Waals surface area contributed by atoms with Crippen LogP contribution in [-0.2, 0) is 36.8 Å². The van der Waals surface area contributed by atoms with Crippen molar-refractivity contribution in [1.82, 2.24) is 25.9 Å². The van der Waals surface area contributed by atoms with Crippen LogP contribution in [0.2, 0.25) is 0 Å². The zero-order chi connectivity index (χ0) is 27.5. The number of benzene rings is 1. The third-order valence-corrected chi connectivity index (χ3v) is 5.35. The van der Waals surface area contributed by atoms with Gasteiger partial charge in [-0.25, -0.2) is 9.78 Å². The molecule has 1 heterocycles. The minimum absolute atomic E-state index is 0.0174. The summed E-state index contributed by atoms with van der Waals surface area (Å²) in [6.45, 7) is 1.39. The van der Waals surface area contributed by atoms with E-state index in [0.29, 0.717) is 11.3 Å². The van der Waals surface area contributed by atoms with Crippen molar-refractivity contribution >= 4 is 29.7 Å². The molecule has 2 rings (SSSR count). The van der Waals surface area contributed by atoms with Crippen molar-refractivity contribution in [1.29, 1.82) is 0 Å². The molecule has 0 saturated carbocycles. The molecule has 0 saturated heterocycles. The number of aromatic nitrogens is 2. The van der Waals surface area contributed by atoms with Crippen LogP contribution >= 0.6 is 0 Å². The first kappa shape index (κ1) is 28.8. The first-order valence-corrected chi connectivity index (χ1v) is 11.3. The summed E-state index contributed by atoms with van der Waals surface area (Å²) < 4.78 is 0. The van der Waals surface area contributed by atoms with Crippen molar-refractivity contribution in [2.45, 2.75) is 56.8 Å². The van der Waals surface area contributed by atoms with Gasteiger partial charge >= 0.3 is 11.9 Å². The highest BCUT2D eigenvalue weighted by atomic mass is 16.4. The number of hydrogen-bond acceptors (Lipinski definition) is 8. The maximum atomic E-state index is 12.9. The molecule has 200 valence electrons. The quantitative estimate of drug-likeness (QED) is 0.146. The summed E-state index contributed by atoms with van der Waals surface area (Å²) >= 11 is 0. The number of carboxylic acids is 2. The van der Waals surface area contributed by atoms with E-state index in [-0.39, 0.29) is 25.0 Å². The SMILES string of the molecule is CC(NC(=O)C(N)Cc1cnc[nH]1)C(=O)NC(Cc1ccc(O)cc1)C(=O)NC(CCC(=O)O)C(=O)O. The largest absolute Gasteiger partial charge is 0.508 e. The highest BCUT2D eigenvalue weighted by molar-refractivity contribution is 5.94. The van der Waals surface area contributed by atoms with E-state index in [2.05, 4.69) is 25.9 Å². The predicted octanol–water partition coefficient (Wildman–Crippen LogP) is -1.35. The Morgan fingerprint density at radius 2 is 1.59 bits per heavy atom. The van der Waals surface area contributed by atoms with E-state index >= 15 is 0 Å². The van der Waals surface area contributed by atoms with Gasteiger partial charge in [0.2, 0.25) is 17.7 Å². The molecular weight excluding hydrogens is 488 g/mol. The first-order valence-electron chi connectivity index (χ1n) is 11.3. The number of carboxylic acid groups (broad SMARTS) is 2. The van der Waals surface area contributed by atoms with E-state index in [1.807, 2.05) is 0 Å². The lowest BCUT2D eigenvalue weighted by Crippen LogP contribution is -2.57. The summed E-state index contributed by atoms with van der Waals surface area (Å²) in [5.41, 5.74) is 7.04. The molecule has 0 aliphatic heterocycles. The third-order valence-electron chi connectivity index (χ3n) is 5.35. The Morgan fingerprint density at radius 1 is 0.946 bits per heavy atom. The maximum Gasteiger partial charge on any atom is 0.326 e. The van der Waals surface area contributed by atoms with Crippen molar-refractivity contribution in [2.75, 3.05) is 0 Å². The van der Waals surface area contributed by atoms with E-state index in [1.165, 1.54) is 43.7 Å². The molecule has 0 aliphatic rings. The fraction of sp³-hybridized carbons (Fsp3) is 0.391. The van der Waals surface area contributed by atoms with Gasteiger partial charge in [-0.2, -0.15) is 0 Å². The second-order valence-electron chi connectivity index (χ2n) is 8.38. The first-order chi connectivity index (χ1) is 17.5. The second kappa shape index (κ2) is 13.6. The lowest BCUT2D eigenvalue weighted by atomic mass is 10.0. The third kappa shape index (κ3) is 9.60. The number of rotatable bonds is 14. The highest BCUT2D eigenvalue weighted by Crippen LogP contribution is 2.12. The van der Waals surface area contributed by atoms with Gasteiger partial charge in [-0.1, -0.05) is 12.1 Å². The number of aliphatic carboxylic acids is 2. The number of phenolic OH excluding ortho intramolecular Hbond substituents is 1. The number of nitrogens with one attached hydrogen (secondary N) is 4. The fourth-order valence-corrected chi connectivity index (χ4v) is 3.28. The Morgan fingerprint density at radius 3 is 2.16 bits per heavy atom. The van der Waals surface area contributed by atoms with Gasteiger partial charge in [-0.3, -0.25) is 19.2 Å². The summed E-state index contributed by atoms with van der Waals surface area (Å²) in [6, 6.07) is 0.935. The van der Waals surface area contributed by atoms with Crippen LogP contribution in [0, 0.1) is 0 Å². The van der Waals surface area contributed by atoms with Gasteiger partial charge in [-0.05, 0) is 31.0 Å². The van der Waals surface area contributed by atoms with E-state index in [4.69, 9.17) is 10.8 Å². The number of aromatic hydroxyl groups is 1. The molecular formula is C23H30N6O8. The van der Waals surface area contributed by atoms with Gasteiger partial charge in [-0.15, -0.1) is 0 Å². The number of hydrogen-bond donors (Lipinski definition) is 8. The van der Waals surface area contributed by atoms with E-state index in [0.717, 1.165) is 0 Å². The summed E-state index contributed by atoms with van der Waals surface area (Å²) in [5.74, 6) is -4.90. The molecule has 2 aromatic rings. The summed E-state index contributed by atoms with van der Waals surface area (Å²) in [7, 11) is 0. The Bertz CT molecular complexity index is 1090. The van der Waals surface area contributed by atoms with Gasteiger partial charge in [0.05, 0.1) is 12.4 Å². The number of nitrogens with zero attached hydrogens (tertiary/aromatic N) is 1. The molecule has 0 bridgehead atoms. The van der Waals surface area contributed by atoms with Crippen LogP contribution in [0.15, 0.2) is 36.8 Å². The lowest BCUT2D eigenvalue weighted by molar-refractivity contribution is -0.143. The highest BCUT2D eigenvalue weighted by Gasteiger charge is 2.29. The van der Waals surface area contributed by atoms with Gasteiger partial charge in [0.15, 0.2) is 0 Å². The molecule has 14 nitrogen and oxygen atoms in total. The van der Waals surface area contributed by atoms with E-state index in [9.17, 15) is 34.2 Å². The average Bonchev–Trinajstić information content (AvgIpc) is 3.35. The Balaban J connectivity index is 2.09. The van der Waals surface area contributed by atoms with Crippen molar-refractivity contribution in [3.8, 4) is 5.75 Å². The van der Waals surface area contributed by atoms with Gasteiger partial charge < -0.3 is 42.0 Å². The van der Waals surface area contributed by atoms with Crippen molar-refractivity contribution in [3.05, 3.63) is 48.0 Å². The zero-order valence-electron chi connectivity index (χ0n) is 20.0. The Labute approximate surface area is 211 Å². The predicted molar refractivity (Wildman–Crippen MR) is 128 cm³/mol. The van der Waals surface area contributed by atoms with Gasteiger partial charge in [0.1, 0.15) is 23.9 Å². The normalized spacial score (nSPS) is 14.0. The molecule has 9 N–H and O–H groups in total. The van der Waals surface area contributed by atoms with E-state index < -0.39 is 60.2 Å². The molecule has 4 atom stereocenters. The number of imidazole rings is 1. The molecule has 0 aliphatic carbocycles. The van der Waals surface area contributed by atoms with Gasteiger partial charge in [0.25, 0.3) is 0 Å². The van der Waals surface area contributed by atoms with Crippen LogP contribution in [0.5, 0.6) is 5.75 Å². The van der Waals surface area contributed by atoms with Crippen LogP contribution in [-0.4, -0.2) is 79.1 Å². The zero-order valence-corrected chi connectivity index (χ0v) is 20.0. The van der Waals surface area contributed by atoms with Crippen molar-refractivity contribution in [3.63, 3.8) is 0 Å². The number of carbonyl (C=O) groups excluding carboxylic acids is 3. The number of carbonyl (C=O) groups is 5. The lowest BCUT2D eigenvalue weighted by Gasteiger charge is -2.24. The van der Waals surface area contributed by atoms with Crippen molar-refractivity contribution < 1.29 is 39.3 Å². The molecule has 0 radical (unpaired) electrons. The molecule has 37 heavy (non-hydrogen) atoms. The molecule has 0 fully saturated rings. The average molecular weight is 519 g/mol. The van der Waals surface area contributed by atoms with Crippen LogP contribution in [0.1, 0.15) is 31.0 Å².